The first-order chi connectivity index (χ1) is 9.19. The van der Waals surface area contributed by atoms with Crippen LogP contribution in [0.25, 0.3) is 0 Å². The number of rotatable bonds is 4. The molecular weight excluding hydrogens is 240 g/mol. The maximum Gasteiger partial charge on any atom is 0.335 e. The van der Waals surface area contributed by atoms with Gasteiger partial charge in [0.05, 0.1) is 11.3 Å². The van der Waals surface area contributed by atoms with Gasteiger partial charge in [-0.05, 0) is 55.9 Å². The van der Waals surface area contributed by atoms with E-state index in [1.807, 2.05) is 0 Å². The van der Waals surface area contributed by atoms with Crippen molar-refractivity contribution in [2.75, 3.05) is 5.43 Å². The molecule has 0 amide bonds. The van der Waals surface area contributed by atoms with E-state index in [9.17, 15) is 4.79 Å². The molecule has 2 rings (SSSR count). The van der Waals surface area contributed by atoms with Gasteiger partial charge in [-0.25, -0.2) is 4.79 Å². The van der Waals surface area contributed by atoms with Crippen LogP contribution in [-0.4, -0.2) is 16.8 Å². The van der Waals surface area contributed by atoms with Crippen LogP contribution in [0.15, 0.2) is 29.4 Å². The van der Waals surface area contributed by atoms with E-state index in [2.05, 4.69) is 17.5 Å². The summed E-state index contributed by atoms with van der Waals surface area (Å²) in [7, 11) is 0. The number of benzene rings is 1. The van der Waals surface area contributed by atoms with Crippen molar-refractivity contribution in [3.8, 4) is 0 Å². The van der Waals surface area contributed by atoms with E-state index >= 15 is 0 Å². The minimum Gasteiger partial charge on any atom is -0.478 e. The summed E-state index contributed by atoms with van der Waals surface area (Å²) in [6.07, 6.45) is 5.86. The third kappa shape index (κ3) is 3.81. The van der Waals surface area contributed by atoms with E-state index in [1.54, 1.807) is 24.3 Å². The lowest BCUT2D eigenvalue weighted by Crippen LogP contribution is -2.14. The minimum atomic E-state index is -0.907. The van der Waals surface area contributed by atoms with Crippen molar-refractivity contribution in [3.05, 3.63) is 29.8 Å². The first kappa shape index (κ1) is 13.6. The molecular formula is C15H20N2O2. The number of aromatic carboxylic acids is 1. The van der Waals surface area contributed by atoms with Gasteiger partial charge in [0, 0.05) is 5.71 Å². The fraction of sp³-hybridized carbons (Fsp3) is 0.467. The van der Waals surface area contributed by atoms with Crippen molar-refractivity contribution in [3.63, 3.8) is 0 Å². The first-order valence-electron chi connectivity index (χ1n) is 6.84. The second kappa shape index (κ2) is 6.36. The number of carboxylic acids is 1. The molecule has 1 aromatic carbocycles. The second-order valence-electron chi connectivity index (χ2n) is 5.02. The van der Waals surface area contributed by atoms with Crippen LogP contribution in [-0.2, 0) is 0 Å². The smallest absolute Gasteiger partial charge is 0.335 e. The van der Waals surface area contributed by atoms with E-state index in [-0.39, 0.29) is 0 Å². The van der Waals surface area contributed by atoms with E-state index in [4.69, 9.17) is 5.11 Å². The number of carbonyl (C=O) groups is 1. The molecule has 0 aliphatic heterocycles. The lowest BCUT2D eigenvalue weighted by Gasteiger charge is -2.21. The largest absolute Gasteiger partial charge is 0.478 e. The molecule has 1 aliphatic rings. The summed E-state index contributed by atoms with van der Waals surface area (Å²) in [6.45, 7) is 2.25. The van der Waals surface area contributed by atoms with Gasteiger partial charge < -0.3 is 5.11 Å². The van der Waals surface area contributed by atoms with Gasteiger partial charge in [0.2, 0.25) is 0 Å². The fourth-order valence-corrected chi connectivity index (χ4v) is 2.36. The highest BCUT2D eigenvalue weighted by molar-refractivity contribution is 5.88. The van der Waals surface area contributed by atoms with Crippen molar-refractivity contribution in [1.82, 2.24) is 0 Å². The summed E-state index contributed by atoms with van der Waals surface area (Å²) in [5, 5.41) is 13.2. The molecule has 0 aromatic heterocycles. The van der Waals surface area contributed by atoms with Crippen LogP contribution in [0.2, 0.25) is 0 Å². The molecule has 1 fully saturated rings. The molecule has 2 N–H and O–H groups in total. The fourth-order valence-electron chi connectivity index (χ4n) is 2.36. The minimum absolute atomic E-state index is 0.293. The molecule has 0 saturated heterocycles. The number of hydrogen-bond acceptors (Lipinski definition) is 3. The summed E-state index contributed by atoms with van der Waals surface area (Å²) in [5.41, 5.74) is 5.35. The van der Waals surface area contributed by atoms with Gasteiger partial charge in [0.15, 0.2) is 0 Å². The zero-order valence-electron chi connectivity index (χ0n) is 11.2. The molecule has 1 aromatic rings. The molecule has 1 aliphatic carbocycles. The van der Waals surface area contributed by atoms with E-state index in [0.29, 0.717) is 5.56 Å². The molecule has 0 bridgehead atoms. The molecule has 0 radical (unpaired) electrons. The Hall–Kier alpha value is -1.84. The van der Waals surface area contributed by atoms with Gasteiger partial charge in [0.25, 0.3) is 0 Å². The highest BCUT2D eigenvalue weighted by Gasteiger charge is 2.15. The zero-order valence-corrected chi connectivity index (χ0v) is 11.2. The average Bonchev–Trinajstić information content (AvgIpc) is 2.46. The molecule has 0 atom stereocenters. The Morgan fingerprint density at radius 2 is 1.95 bits per heavy atom. The summed E-state index contributed by atoms with van der Waals surface area (Å²) < 4.78 is 0. The van der Waals surface area contributed by atoms with Crippen LogP contribution in [0.3, 0.4) is 0 Å². The molecule has 0 unspecified atom stereocenters. The summed E-state index contributed by atoms with van der Waals surface area (Å²) in [5.74, 6) is -0.0513. The Morgan fingerprint density at radius 1 is 1.32 bits per heavy atom. The van der Waals surface area contributed by atoms with Gasteiger partial charge in [0.1, 0.15) is 0 Å². The van der Waals surface area contributed by atoms with Gasteiger partial charge in [-0.2, -0.15) is 5.10 Å². The Morgan fingerprint density at radius 3 is 2.47 bits per heavy atom. The van der Waals surface area contributed by atoms with Gasteiger partial charge in [-0.15, -0.1) is 0 Å². The van der Waals surface area contributed by atoms with Gasteiger partial charge >= 0.3 is 5.97 Å². The van der Waals surface area contributed by atoms with E-state index < -0.39 is 5.97 Å². The van der Waals surface area contributed by atoms with Crippen LogP contribution in [0.4, 0.5) is 5.69 Å². The quantitative estimate of drug-likeness (QED) is 0.810. The lowest BCUT2D eigenvalue weighted by atomic mass is 9.86. The van der Waals surface area contributed by atoms with Crippen LogP contribution < -0.4 is 5.43 Å². The van der Waals surface area contributed by atoms with Crippen LogP contribution in [0.5, 0.6) is 0 Å². The molecule has 4 nitrogen and oxygen atoms in total. The monoisotopic (exact) mass is 260 g/mol. The Kier molecular flexibility index (Phi) is 4.55. The predicted molar refractivity (Wildman–Crippen MR) is 76.7 cm³/mol. The van der Waals surface area contributed by atoms with Gasteiger partial charge in [-0.1, -0.05) is 13.3 Å². The van der Waals surface area contributed by atoms with E-state index in [0.717, 1.165) is 24.4 Å². The van der Waals surface area contributed by atoms with Crippen molar-refractivity contribution in [1.29, 1.82) is 0 Å². The number of nitrogens with one attached hydrogen (secondary N) is 1. The molecule has 1 saturated carbocycles. The predicted octanol–water partition coefficient (Wildman–Crippen LogP) is 3.75. The highest BCUT2D eigenvalue weighted by atomic mass is 16.4. The van der Waals surface area contributed by atoms with Crippen LogP contribution in [0, 0.1) is 5.92 Å². The Bertz CT molecular complexity index is 456. The van der Waals surface area contributed by atoms with E-state index in [1.165, 1.54) is 25.0 Å². The molecule has 102 valence electrons. The second-order valence-corrected chi connectivity index (χ2v) is 5.02. The standard InChI is InChI=1S/C15H20N2O2/c1-2-11-3-7-13(8-4-11)16-17-14-9-5-12(6-10-14)15(18)19/h5-6,9-11,17H,2-4,7-8H2,1H3,(H,18,19). The van der Waals surface area contributed by atoms with Crippen molar-refractivity contribution < 1.29 is 9.90 Å². The molecule has 0 spiro atoms. The third-order valence-corrected chi connectivity index (χ3v) is 3.73. The highest BCUT2D eigenvalue weighted by Crippen LogP contribution is 2.24. The molecule has 19 heavy (non-hydrogen) atoms. The maximum atomic E-state index is 10.7. The summed E-state index contributed by atoms with van der Waals surface area (Å²) >= 11 is 0. The summed E-state index contributed by atoms with van der Waals surface area (Å²) in [6, 6.07) is 6.65. The average molecular weight is 260 g/mol. The third-order valence-electron chi connectivity index (χ3n) is 3.73. The van der Waals surface area contributed by atoms with Crippen molar-refractivity contribution >= 4 is 17.4 Å². The topological polar surface area (TPSA) is 61.7 Å². The zero-order chi connectivity index (χ0) is 13.7. The number of hydrazone groups is 1. The first-order valence-corrected chi connectivity index (χ1v) is 6.84. The number of carboxylic acid groups (broad SMARTS) is 1. The van der Waals surface area contributed by atoms with Crippen molar-refractivity contribution in [2.45, 2.75) is 39.0 Å². The van der Waals surface area contributed by atoms with Crippen LogP contribution >= 0.6 is 0 Å². The maximum absolute atomic E-state index is 10.7. The molecule has 0 heterocycles. The number of nitrogens with zero attached hydrogens (tertiary/aromatic N) is 1. The SMILES string of the molecule is CCC1CCC(=NNc2ccc(C(=O)O)cc2)CC1. The summed E-state index contributed by atoms with van der Waals surface area (Å²) in [4.78, 5) is 10.7. The normalized spacial score (nSPS) is 19.0. The lowest BCUT2D eigenvalue weighted by molar-refractivity contribution is 0.0697. The van der Waals surface area contributed by atoms with Crippen molar-refractivity contribution in [2.24, 2.45) is 11.0 Å². The number of hydrogen-bond donors (Lipinski definition) is 2. The van der Waals surface area contributed by atoms with Crippen LogP contribution in [0.1, 0.15) is 49.4 Å². The number of anilines is 1. The Labute approximate surface area is 113 Å². The van der Waals surface area contributed by atoms with Gasteiger partial charge in [-0.3, -0.25) is 5.43 Å². The Balaban J connectivity index is 1.90. The molecule has 4 heteroatoms.